The lowest BCUT2D eigenvalue weighted by molar-refractivity contribution is -0.119. The summed E-state index contributed by atoms with van der Waals surface area (Å²) >= 11 is 0. The predicted octanol–water partition coefficient (Wildman–Crippen LogP) is 3.26. The molecule has 8 nitrogen and oxygen atoms in total. The smallest absolute Gasteiger partial charge is 0.298 e. The molecule has 0 aliphatic rings. The summed E-state index contributed by atoms with van der Waals surface area (Å²) in [4.78, 5) is 43.2. The van der Waals surface area contributed by atoms with E-state index in [9.17, 15) is 14.4 Å². The second-order valence-electron chi connectivity index (χ2n) is 8.31. The van der Waals surface area contributed by atoms with Gasteiger partial charge in [0.2, 0.25) is 5.78 Å². The van der Waals surface area contributed by atoms with Crippen LogP contribution in [0, 0.1) is 6.92 Å². The van der Waals surface area contributed by atoms with E-state index in [1.165, 1.54) is 11.5 Å². The Labute approximate surface area is 189 Å². The lowest BCUT2D eigenvalue weighted by Gasteiger charge is -2.12. The summed E-state index contributed by atoms with van der Waals surface area (Å²) in [6.45, 7) is 4.95. The summed E-state index contributed by atoms with van der Waals surface area (Å²) in [5, 5.41) is 0. The van der Waals surface area contributed by atoms with Crippen molar-refractivity contribution in [2.24, 2.45) is 7.05 Å². The number of fused-ring (bicyclic) bond motifs is 3. The van der Waals surface area contributed by atoms with Crippen LogP contribution in [0.2, 0.25) is 0 Å². The topological polar surface area (TPSA) is 83.3 Å². The van der Waals surface area contributed by atoms with Gasteiger partial charge in [-0.25, -0.2) is 9.36 Å². The fourth-order valence-corrected chi connectivity index (χ4v) is 4.15. The Balaban J connectivity index is 1.94. The van der Waals surface area contributed by atoms with Crippen molar-refractivity contribution in [3.8, 4) is 16.9 Å². The van der Waals surface area contributed by atoms with Gasteiger partial charge in [0.05, 0.1) is 11.7 Å². The third-order valence-corrected chi connectivity index (χ3v) is 6.14. The molecule has 2 aromatic carbocycles. The number of imidazole rings is 2. The Hall–Kier alpha value is -4.20. The third kappa shape index (κ3) is 3.06. The molecule has 3 aromatic heterocycles. The van der Waals surface area contributed by atoms with Crippen LogP contribution in [0.3, 0.4) is 0 Å². The molecule has 0 bridgehead atoms. The van der Waals surface area contributed by atoms with E-state index in [-0.39, 0.29) is 16.9 Å². The van der Waals surface area contributed by atoms with Crippen LogP contribution in [-0.4, -0.2) is 28.9 Å². The standard InChI is InChI=1S/C25H23N5O3/c1-15-10-12-19(13-11-15)30-20(18-8-6-5-7-9-18)14-28-21-22(26-24(28)30)27(4)25(33)29(23(21)32)16(2)17(3)31/h5-14,16H,1-4H3/t16-/m1/s1. The largest absolute Gasteiger partial charge is 0.333 e. The summed E-state index contributed by atoms with van der Waals surface area (Å²) in [5.41, 5.74) is 3.23. The number of carbonyl (C=O) groups excluding carboxylic acids is 1. The quantitative estimate of drug-likeness (QED) is 0.429. The van der Waals surface area contributed by atoms with Gasteiger partial charge >= 0.3 is 5.69 Å². The Morgan fingerprint density at radius 2 is 1.67 bits per heavy atom. The van der Waals surface area contributed by atoms with E-state index in [1.807, 2.05) is 72.3 Å². The number of aryl methyl sites for hydroxylation is 2. The molecule has 0 radical (unpaired) electrons. The van der Waals surface area contributed by atoms with Gasteiger partial charge in [-0.3, -0.25) is 23.1 Å². The minimum Gasteiger partial charge on any atom is -0.298 e. The van der Waals surface area contributed by atoms with E-state index in [0.29, 0.717) is 5.78 Å². The SMILES string of the molecule is CC(=O)[C@@H](C)n1c(=O)c2c(nc3n(-c4ccc(C)cc4)c(-c4ccccc4)cn23)n(C)c1=O. The Kier molecular flexibility index (Phi) is 4.67. The molecular weight excluding hydrogens is 418 g/mol. The molecule has 0 saturated carbocycles. The van der Waals surface area contributed by atoms with E-state index in [4.69, 9.17) is 4.98 Å². The molecule has 33 heavy (non-hydrogen) atoms. The van der Waals surface area contributed by atoms with E-state index in [1.54, 1.807) is 18.4 Å². The molecule has 0 aliphatic heterocycles. The Morgan fingerprint density at radius 1 is 1.00 bits per heavy atom. The highest BCUT2D eigenvalue weighted by Crippen LogP contribution is 2.29. The summed E-state index contributed by atoms with van der Waals surface area (Å²) in [7, 11) is 1.56. The van der Waals surface area contributed by atoms with E-state index in [2.05, 4.69) is 0 Å². The van der Waals surface area contributed by atoms with Crippen LogP contribution >= 0.6 is 0 Å². The zero-order chi connectivity index (χ0) is 23.4. The van der Waals surface area contributed by atoms with Gasteiger partial charge in [0.25, 0.3) is 5.56 Å². The van der Waals surface area contributed by atoms with Crippen LogP contribution in [0.5, 0.6) is 0 Å². The van der Waals surface area contributed by atoms with Crippen LogP contribution < -0.4 is 11.2 Å². The number of Topliss-reactive ketones (excluding diaryl/α,β-unsaturated/α-hetero) is 1. The normalized spacial score (nSPS) is 12.5. The highest BCUT2D eigenvalue weighted by atomic mass is 16.2. The number of ketones is 1. The number of nitrogens with zero attached hydrogens (tertiary/aromatic N) is 5. The van der Waals surface area contributed by atoms with E-state index in [0.717, 1.165) is 27.1 Å². The number of carbonyl (C=O) groups is 1. The van der Waals surface area contributed by atoms with Crippen LogP contribution in [0.25, 0.3) is 33.9 Å². The molecule has 0 spiro atoms. The van der Waals surface area contributed by atoms with Crippen molar-refractivity contribution in [3.05, 3.63) is 87.2 Å². The average Bonchev–Trinajstić information content (AvgIpc) is 3.35. The molecule has 0 unspecified atom stereocenters. The molecular formula is C25H23N5O3. The van der Waals surface area contributed by atoms with Crippen molar-refractivity contribution in [3.63, 3.8) is 0 Å². The van der Waals surface area contributed by atoms with Crippen LogP contribution in [0.4, 0.5) is 0 Å². The van der Waals surface area contributed by atoms with Gasteiger partial charge in [-0.2, -0.15) is 4.98 Å². The van der Waals surface area contributed by atoms with Gasteiger partial charge in [0, 0.05) is 24.5 Å². The van der Waals surface area contributed by atoms with Crippen LogP contribution in [-0.2, 0) is 11.8 Å². The molecule has 0 fully saturated rings. The molecule has 0 saturated heterocycles. The summed E-state index contributed by atoms with van der Waals surface area (Å²) in [6.07, 6.45) is 1.86. The monoisotopic (exact) mass is 441 g/mol. The van der Waals surface area contributed by atoms with Crippen LogP contribution in [0.1, 0.15) is 25.5 Å². The van der Waals surface area contributed by atoms with Gasteiger partial charge < -0.3 is 0 Å². The van der Waals surface area contributed by atoms with Crippen molar-refractivity contribution in [2.45, 2.75) is 26.8 Å². The summed E-state index contributed by atoms with van der Waals surface area (Å²) in [5.74, 6) is 0.240. The first-order chi connectivity index (χ1) is 15.8. The number of hydrogen-bond donors (Lipinski definition) is 0. The fourth-order valence-electron chi connectivity index (χ4n) is 4.15. The molecule has 0 N–H and O–H groups in total. The maximum atomic E-state index is 13.5. The second-order valence-corrected chi connectivity index (χ2v) is 8.31. The second kappa shape index (κ2) is 7.44. The van der Waals surface area contributed by atoms with Crippen LogP contribution in [0.15, 0.2) is 70.4 Å². The van der Waals surface area contributed by atoms with Crippen molar-refractivity contribution in [1.82, 2.24) is 23.1 Å². The molecule has 1 atom stereocenters. The maximum Gasteiger partial charge on any atom is 0.333 e. The predicted molar refractivity (Wildman–Crippen MR) is 127 cm³/mol. The molecule has 0 amide bonds. The van der Waals surface area contributed by atoms with Gasteiger partial charge in [0.1, 0.15) is 0 Å². The minimum atomic E-state index is -0.876. The first-order valence-corrected chi connectivity index (χ1v) is 10.7. The fraction of sp³-hybridized carbons (Fsp3) is 0.200. The molecule has 5 rings (SSSR count). The number of rotatable bonds is 4. The third-order valence-electron chi connectivity index (χ3n) is 6.14. The zero-order valence-electron chi connectivity index (χ0n) is 18.8. The van der Waals surface area contributed by atoms with Gasteiger partial charge in [-0.15, -0.1) is 0 Å². The molecule has 0 aliphatic carbocycles. The molecule has 166 valence electrons. The van der Waals surface area contributed by atoms with E-state index >= 15 is 0 Å². The molecule has 5 aromatic rings. The maximum absolute atomic E-state index is 13.5. The van der Waals surface area contributed by atoms with Gasteiger partial charge in [-0.1, -0.05) is 48.0 Å². The summed E-state index contributed by atoms with van der Waals surface area (Å²) < 4.78 is 6.01. The summed E-state index contributed by atoms with van der Waals surface area (Å²) in [6, 6.07) is 17.0. The van der Waals surface area contributed by atoms with E-state index < -0.39 is 17.3 Å². The van der Waals surface area contributed by atoms with Crippen molar-refractivity contribution in [2.75, 3.05) is 0 Å². The Bertz CT molecular complexity index is 1650. The van der Waals surface area contributed by atoms with Crippen molar-refractivity contribution in [1.29, 1.82) is 0 Å². The highest BCUT2D eigenvalue weighted by Gasteiger charge is 2.25. The minimum absolute atomic E-state index is 0.253. The number of benzene rings is 2. The molecule has 8 heteroatoms. The average molecular weight is 441 g/mol. The first kappa shape index (κ1) is 20.7. The molecule has 3 heterocycles. The zero-order valence-corrected chi connectivity index (χ0v) is 18.8. The number of hydrogen-bond acceptors (Lipinski definition) is 4. The lowest BCUT2D eigenvalue weighted by atomic mass is 10.1. The van der Waals surface area contributed by atoms with Crippen molar-refractivity contribution < 1.29 is 4.79 Å². The lowest BCUT2D eigenvalue weighted by Crippen LogP contribution is -2.42. The van der Waals surface area contributed by atoms with Crippen molar-refractivity contribution >= 4 is 22.7 Å². The number of aromatic nitrogens is 5. The van der Waals surface area contributed by atoms with Gasteiger partial charge in [0.15, 0.2) is 16.9 Å². The first-order valence-electron chi connectivity index (χ1n) is 10.7. The van der Waals surface area contributed by atoms with Gasteiger partial charge in [-0.05, 0) is 32.9 Å². The highest BCUT2D eigenvalue weighted by molar-refractivity contribution is 5.82. The Morgan fingerprint density at radius 3 is 2.30 bits per heavy atom.